The van der Waals surface area contributed by atoms with E-state index in [2.05, 4.69) is 6.42 Å². The van der Waals surface area contributed by atoms with E-state index in [1.165, 1.54) is 51.4 Å². The maximum absolute atomic E-state index is 9.09. The maximum atomic E-state index is 9.09. The molecule has 0 saturated heterocycles. The molecule has 2 aliphatic rings. The van der Waals surface area contributed by atoms with Crippen molar-refractivity contribution < 1.29 is 9.84 Å². The Hall–Kier alpha value is -0.0800. The lowest BCUT2D eigenvalue weighted by atomic mass is 9.83. The van der Waals surface area contributed by atoms with Crippen LogP contribution < -0.4 is 0 Å². The number of ether oxygens (including phenoxy) is 1. The Bertz CT molecular complexity index is 191. The topological polar surface area (TPSA) is 29.5 Å². The van der Waals surface area contributed by atoms with E-state index in [0.29, 0.717) is 12.5 Å². The van der Waals surface area contributed by atoms with E-state index in [1.54, 1.807) is 0 Å². The summed E-state index contributed by atoms with van der Waals surface area (Å²) in [5, 5.41) is 9.09. The number of aliphatic hydroxyl groups excluding tert-OH is 1. The van der Waals surface area contributed by atoms with E-state index in [4.69, 9.17) is 9.84 Å². The molecule has 1 N–H and O–H groups in total. The molecule has 2 aliphatic carbocycles. The predicted molar refractivity (Wildman–Crippen MR) is 69.6 cm³/mol. The molecule has 17 heavy (non-hydrogen) atoms. The maximum Gasteiger partial charge on any atom is 0.0494 e. The Morgan fingerprint density at radius 1 is 0.824 bits per heavy atom. The molecule has 0 heterocycles. The van der Waals surface area contributed by atoms with Crippen molar-refractivity contribution in [1.29, 1.82) is 0 Å². The zero-order chi connectivity index (χ0) is 11.9. The molecule has 0 amide bonds. The van der Waals surface area contributed by atoms with E-state index in [1.807, 2.05) is 0 Å². The smallest absolute Gasteiger partial charge is 0.0494 e. The molecule has 0 unspecified atom stereocenters. The molecule has 0 spiro atoms. The molecule has 0 bridgehead atoms. The van der Waals surface area contributed by atoms with Crippen molar-refractivity contribution in [2.45, 2.75) is 51.4 Å². The highest BCUT2D eigenvalue weighted by atomic mass is 16.5. The van der Waals surface area contributed by atoms with Crippen molar-refractivity contribution in [3.63, 3.8) is 0 Å². The van der Waals surface area contributed by atoms with Crippen LogP contribution in [0, 0.1) is 24.2 Å². The van der Waals surface area contributed by atoms with Crippen molar-refractivity contribution >= 4 is 0 Å². The quantitative estimate of drug-likeness (QED) is 0.798. The minimum absolute atomic E-state index is 0.381. The SMILES string of the molecule is OCC1CCC(COCC2CC[CH]CC2)CC1. The molecule has 0 aromatic heterocycles. The second-order valence-corrected chi connectivity index (χ2v) is 5.92. The highest BCUT2D eigenvalue weighted by Crippen LogP contribution is 2.29. The summed E-state index contributed by atoms with van der Waals surface area (Å²) in [5.41, 5.74) is 0. The Balaban J connectivity index is 1.53. The van der Waals surface area contributed by atoms with E-state index in [-0.39, 0.29) is 0 Å². The van der Waals surface area contributed by atoms with E-state index in [9.17, 15) is 0 Å². The van der Waals surface area contributed by atoms with Gasteiger partial charge in [0.25, 0.3) is 0 Å². The first-order valence-electron chi connectivity index (χ1n) is 7.38. The first-order chi connectivity index (χ1) is 8.38. The fourth-order valence-corrected chi connectivity index (χ4v) is 3.14. The Morgan fingerprint density at radius 2 is 1.35 bits per heavy atom. The molecule has 0 aliphatic heterocycles. The van der Waals surface area contributed by atoms with Gasteiger partial charge < -0.3 is 9.84 Å². The average Bonchev–Trinajstić information content (AvgIpc) is 2.41. The molecule has 99 valence electrons. The van der Waals surface area contributed by atoms with Crippen LogP contribution >= 0.6 is 0 Å². The number of hydrogen-bond acceptors (Lipinski definition) is 2. The third kappa shape index (κ3) is 4.59. The summed E-state index contributed by atoms with van der Waals surface area (Å²) in [4.78, 5) is 0. The zero-order valence-electron chi connectivity index (χ0n) is 10.9. The summed E-state index contributed by atoms with van der Waals surface area (Å²) >= 11 is 0. The highest BCUT2D eigenvalue weighted by Gasteiger charge is 2.21. The molecule has 2 fully saturated rings. The van der Waals surface area contributed by atoms with Gasteiger partial charge >= 0.3 is 0 Å². The van der Waals surface area contributed by atoms with Crippen molar-refractivity contribution in [1.82, 2.24) is 0 Å². The van der Waals surface area contributed by atoms with Gasteiger partial charge in [0.15, 0.2) is 0 Å². The zero-order valence-corrected chi connectivity index (χ0v) is 10.9. The summed E-state index contributed by atoms with van der Waals surface area (Å²) in [5.74, 6) is 2.14. The van der Waals surface area contributed by atoms with E-state index < -0.39 is 0 Å². The van der Waals surface area contributed by atoms with Gasteiger partial charge in [-0.2, -0.15) is 0 Å². The van der Waals surface area contributed by atoms with Crippen LogP contribution in [0.1, 0.15) is 51.4 Å². The summed E-state index contributed by atoms with van der Waals surface area (Å²) in [7, 11) is 0. The van der Waals surface area contributed by atoms with Crippen LogP contribution in [0.15, 0.2) is 0 Å². The first kappa shape index (κ1) is 13.4. The standard InChI is InChI=1S/C15H27O2/c16-10-13-6-8-15(9-7-13)12-17-11-14-4-2-1-3-5-14/h1,13-16H,2-12H2. The molecule has 2 nitrogen and oxygen atoms in total. The minimum atomic E-state index is 0.381. The Morgan fingerprint density at radius 3 is 1.94 bits per heavy atom. The second kappa shape index (κ2) is 7.38. The summed E-state index contributed by atoms with van der Waals surface area (Å²) in [6, 6.07) is 0. The third-order valence-electron chi connectivity index (χ3n) is 4.49. The van der Waals surface area contributed by atoms with Gasteiger partial charge in [0.1, 0.15) is 0 Å². The Labute approximate surface area is 106 Å². The van der Waals surface area contributed by atoms with Crippen LogP contribution in [0.25, 0.3) is 0 Å². The largest absolute Gasteiger partial charge is 0.396 e. The fraction of sp³-hybridized carbons (Fsp3) is 0.933. The summed E-state index contributed by atoms with van der Waals surface area (Å²) in [6.45, 7) is 2.32. The summed E-state index contributed by atoms with van der Waals surface area (Å²) < 4.78 is 5.91. The number of hydrogen-bond donors (Lipinski definition) is 1. The number of aliphatic hydroxyl groups is 1. The molecular weight excluding hydrogens is 212 g/mol. The second-order valence-electron chi connectivity index (χ2n) is 5.92. The highest BCUT2D eigenvalue weighted by molar-refractivity contribution is 4.77. The van der Waals surface area contributed by atoms with Crippen molar-refractivity contribution in [2.24, 2.45) is 17.8 Å². The van der Waals surface area contributed by atoms with E-state index in [0.717, 1.165) is 25.0 Å². The Kier molecular flexibility index (Phi) is 5.79. The molecular formula is C15H27O2. The molecule has 0 aromatic carbocycles. The van der Waals surface area contributed by atoms with Crippen LogP contribution in [0.4, 0.5) is 0 Å². The van der Waals surface area contributed by atoms with Gasteiger partial charge in [-0.3, -0.25) is 0 Å². The summed E-state index contributed by atoms with van der Waals surface area (Å²) in [6.07, 6.45) is 12.5. The van der Waals surface area contributed by atoms with Gasteiger partial charge in [0.05, 0.1) is 0 Å². The van der Waals surface area contributed by atoms with Crippen LogP contribution in [-0.4, -0.2) is 24.9 Å². The normalized spacial score (nSPS) is 31.6. The van der Waals surface area contributed by atoms with Crippen molar-refractivity contribution in [3.05, 3.63) is 6.42 Å². The number of rotatable bonds is 5. The lowest BCUT2D eigenvalue weighted by Gasteiger charge is -2.28. The van der Waals surface area contributed by atoms with Crippen molar-refractivity contribution in [3.8, 4) is 0 Å². The van der Waals surface area contributed by atoms with Gasteiger partial charge in [-0.05, 0) is 75.5 Å². The molecule has 2 saturated carbocycles. The van der Waals surface area contributed by atoms with Crippen molar-refractivity contribution in [2.75, 3.05) is 19.8 Å². The van der Waals surface area contributed by atoms with Crippen LogP contribution in [0.3, 0.4) is 0 Å². The lowest BCUT2D eigenvalue weighted by molar-refractivity contribution is 0.0440. The first-order valence-corrected chi connectivity index (χ1v) is 7.38. The third-order valence-corrected chi connectivity index (χ3v) is 4.49. The van der Waals surface area contributed by atoms with Crippen LogP contribution in [0.5, 0.6) is 0 Å². The van der Waals surface area contributed by atoms with Gasteiger partial charge in [0, 0.05) is 19.8 Å². The fourth-order valence-electron chi connectivity index (χ4n) is 3.14. The monoisotopic (exact) mass is 239 g/mol. The van der Waals surface area contributed by atoms with Gasteiger partial charge in [-0.1, -0.05) is 0 Å². The lowest BCUT2D eigenvalue weighted by Crippen LogP contribution is -2.22. The molecule has 0 aromatic rings. The predicted octanol–water partition coefficient (Wildman–Crippen LogP) is 3.20. The van der Waals surface area contributed by atoms with Crippen LogP contribution in [-0.2, 0) is 4.74 Å². The van der Waals surface area contributed by atoms with Gasteiger partial charge in [-0.15, -0.1) is 0 Å². The van der Waals surface area contributed by atoms with E-state index >= 15 is 0 Å². The molecule has 2 heteroatoms. The molecule has 0 atom stereocenters. The van der Waals surface area contributed by atoms with Gasteiger partial charge in [0.2, 0.25) is 0 Å². The molecule has 2 rings (SSSR count). The van der Waals surface area contributed by atoms with Crippen LogP contribution in [0.2, 0.25) is 0 Å². The van der Waals surface area contributed by atoms with Gasteiger partial charge in [-0.25, -0.2) is 0 Å². The minimum Gasteiger partial charge on any atom is -0.396 e. The average molecular weight is 239 g/mol. The molecule has 1 radical (unpaired) electrons.